The zero-order chi connectivity index (χ0) is 22.8. The lowest BCUT2D eigenvalue weighted by molar-refractivity contribution is -0.141. The number of thiol groups is 1. The molecule has 14 heteroatoms. The van der Waals surface area contributed by atoms with Crippen molar-refractivity contribution in [1.82, 2.24) is 35.9 Å². The summed E-state index contributed by atoms with van der Waals surface area (Å²) in [7, 11) is 0. The van der Waals surface area contributed by atoms with Gasteiger partial charge in [-0.3, -0.25) is 14.4 Å². The molecule has 2 heterocycles. The minimum absolute atomic E-state index is 0.0120. The van der Waals surface area contributed by atoms with Gasteiger partial charge in [0.1, 0.15) is 18.1 Å². The van der Waals surface area contributed by atoms with Gasteiger partial charge in [-0.2, -0.15) is 12.6 Å². The van der Waals surface area contributed by atoms with Crippen molar-refractivity contribution in [2.75, 3.05) is 12.3 Å². The summed E-state index contributed by atoms with van der Waals surface area (Å²) in [5, 5.41) is 16.6. The summed E-state index contributed by atoms with van der Waals surface area (Å²) in [5.41, 5.74) is 6.44. The van der Waals surface area contributed by atoms with Gasteiger partial charge in [0, 0.05) is 42.4 Å². The van der Waals surface area contributed by atoms with Crippen molar-refractivity contribution in [3.05, 3.63) is 36.4 Å². The molecule has 0 radical (unpaired) electrons. The van der Waals surface area contributed by atoms with Crippen molar-refractivity contribution in [3.8, 4) is 0 Å². The Labute approximate surface area is 182 Å². The highest BCUT2D eigenvalue weighted by molar-refractivity contribution is 7.80. The Balaban J connectivity index is 2.18. The van der Waals surface area contributed by atoms with Crippen LogP contribution in [0.4, 0.5) is 0 Å². The quantitative estimate of drug-likeness (QED) is 0.159. The highest BCUT2D eigenvalue weighted by Crippen LogP contribution is 2.04. The number of carboxylic acid groups (broad SMARTS) is 1. The fourth-order valence-electron chi connectivity index (χ4n) is 2.63. The van der Waals surface area contributed by atoms with Gasteiger partial charge in [0.05, 0.1) is 19.2 Å². The number of H-pyrrole nitrogens is 2. The highest BCUT2D eigenvalue weighted by Gasteiger charge is 2.30. The molecule has 0 aliphatic carbocycles. The van der Waals surface area contributed by atoms with Crippen LogP contribution in [-0.2, 0) is 32.0 Å². The fraction of sp³-hybridized carbons (Fsp3) is 0.412. The molecule has 0 fully saturated rings. The molecule has 0 spiro atoms. The number of nitrogens with one attached hydrogen (secondary N) is 5. The topological polar surface area (TPSA) is 208 Å². The average molecular weight is 452 g/mol. The summed E-state index contributed by atoms with van der Waals surface area (Å²) in [6.07, 6.45) is 5.88. The molecule has 3 unspecified atom stereocenters. The lowest BCUT2D eigenvalue weighted by Gasteiger charge is -2.23. The average Bonchev–Trinajstić information content (AvgIpc) is 3.44. The van der Waals surface area contributed by atoms with E-state index in [0.717, 1.165) is 0 Å². The number of aliphatic carboxylic acids is 1. The molecule has 13 nitrogen and oxygen atoms in total. The second kappa shape index (κ2) is 11.7. The highest BCUT2D eigenvalue weighted by atomic mass is 32.1. The van der Waals surface area contributed by atoms with E-state index in [4.69, 9.17) is 10.8 Å². The number of hydrogen-bond acceptors (Lipinski definition) is 8. The number of amides is 3. The number of imidazole rings is 2. The van der Waals surface area contributed by atoms with Crippen LogP contribution < -0.4 is 21.7 Å². The molecule has 2 aromatic heterocycles. The maximum atomic E-state index is 12.9. The molecule has 2 rings (SSSR count). The first-order chi connectivity index (χ1) is 14.8. The van der Waals surface area contributed by atoms with Crippen LogP contribution in [0.5, 0.6) is 0 Å². The second-order valence-corrected chi connectivity index (χ2v) is 6.89. The number of nitrogens with zero attached hydrogens (tertiary/aromatic N) is 2. The van der Waals surface area contributed by atoms with Crippen molar-refractivity contribution < 1.29 is 24.3 Å². The lowest BCUT2D eigenvalue weighted by atomic mass is 10.1. The van der Waals surface area contributed by atoms with Crippen LogP contribution in [0.2, 0.25) is 0 Å². The summed E-state index contributed by atoms with van der Waals surface area (Å²) in [5.74, 6) is -3.35. The van der Waals surface area contributed by atoms with Crippen LogP contribution in [0.1, 0.15) is 11.4 Å². The molecule has 168 valence electrons. The van der Waals surface area contributed by atoms with Crippen molar-refractivity contribution >= 4 is 36.3 Å². The van der Waals surface area contributed by atoms with Gasteiger partial charge in [-0.15, -0.1) is 0 Å². The number of hydrogen-bond donors (Lipinski definition) is 8. The molecule has 0 aromatic carbocycles. The summed E-state index contributed by atoms with van der Waals surface area (Å²) < 4.78 is 0. The molecule has 3 atom stereocenters. The van der Waals surface area contributed by atoms with Gasteiger partial charge in [0.25, 0.3) is 0 Å². The van der Waals surface area contributed by atoms with E-state index < -0.39 is 41.8 Å². The monoisotopic (exact) mass is 452 g/mol. The molecule has 3 amide bonds. The number of carboxylic acids is 1. The number of rotatable bonds is 12. The van der Waals surface area contributed by atoms with Gasteiger partial charge in [-0.25, -0.2) is 14.8 Å². The van der Waals surface area contributed by atoms with E-state index in [-0.39, 0.29) is 25.1 Å². The predicted octanol–water partition coefficient (Wildman–Crippen LogP) is -2.65. The largest absolute Gasteiger partial charge is 0.480 e. The first kappa shape index (κ1) is 23.9. The summed E-state index contributed by atoms with van der Waals surface area (Å²) >= 11 is 3.92. The number of carbonyl (C=O) groups is 4. The maximum Gasteiger partial charge on any atom is 0.327 e. The first-order valence-corrected chi connectivity index (χ1v) is 9.85. The molecule has 0 aliphatic heterocycles. The van der Waals surface area contributed by atoms with Crippen molar-refractivity contribution in [2.45, 2.75) is 31.0 Å². The first-order valence-electron chi connectivity index (χ1n) is 9.22. The van der Waals surface area contributed by atoms with Crippen LogP contribution in [0.15, 0.2) is 25.0 Å². The smallest absolute Gasteiger partial charge is 0.327 e. The van der Waals surface area contributed by atoms with Crippen LogP contribution in [0.25, 0.3) is 0 Å². The zero-order valence-corrected chi connectivity index (χ0v) is 17.3. The Morgan fingerprint density at radius 2 is 1.42 bits per heavy atom. The zero-order valence-electron chi connectivity index (χ0n) is 16.4. The van der Waals surface area contributed by atoms with E-state index in [1.54, 1.807) is 0 Å². The van der Waals surface area contributed by atoms with Crippen LogP contribution in [0, 0.1) is 0 Å². The van der Waals surface area contributed by atoms with E-state index >= 15 is 0 Å². The third kappa shape index (κ3) is 7.42. The van der Waals surface area contributed by atoms with Crippen molar-refractivity contribution in [1.29, 1.82) is 0 Å². The molecular weight excluding hydrogens is 428 g/mol. The Kier molecular flexibility index (Phi) is 9.02. The molecule has 0 aliphatic rings. The van der Waals surface area contributed by atoms with Gasteiger partial charge in [-0.1, -0.05) is 0 Å². The SMILES string of the molecule is NCC(=O)NC(Cc1cnc[nH]1)C(=O)NC(Cc1cnc[nH]1)C(=O)NC(CS)C(=O)O. The van der Waals surface area contributed by atoms with Crippen molar-refractivity contribution in [2.24, 2.45) is 5.73 Å². The van der Waals surface area contributed by atoms with Gasteiger partial charge in [0.2, 0.25) is 17.7 Å². The normalized spacial score (nSPS) is 13.6. The van der Waals surface area contributed by atoms with E-state index in [1.807, 2.05) is 0 Å². The molecule has 0 bridgehead atoms. The number of aromatic amines is 2. The van der Waals surface area contributed by atoms with Crippen molar-refractivity contribution in [3.63, 3.8) is 0 Å². The molecule has 2 aromatic rings. The molecule has 8 N–H and O–H groups in total. The minimum Gasteiger partial charge on any atom is -0.480 e. The summed E-state index contributed by atoms with van der Waals surface area (Å²) in [6, 6.07) is -3.43. The van der Waals surface area contributed by atoms with Crippen LogP contribution in [0.3, 0.4) is 0 Å². The molecule has 0 saturated carbocycles. The fourth-order valence-corrected chi connectivity index (χ4v) is 2.88. The van der Waals surface area contributed by atoms with Gasteiger partial charge >= 0.3 is 5.97 Å². The Morgan fingerprint density at radius 1 is 0.935 bits per heavy atom. The van der Waals surface area contributed by atoms with Gasteiger partial charge in [-0.05, 0) is 0 Å². The Morgan fingerprint density at radius 3 is 1.81 bits per heavy atom. The van der Waals surface area contributed by atoms with E-state index in [2.05, 4.69) is 48.5 Å². The second-order valence-electron chi connectivity index (χ2n) is 6.53. The third-order valence-corrected chi connectivity index (χ3v) is 4.59. The lowest BCUT2D eigenvalue weighted by Crippen LogP contribution is -2.57. The number of nitrogens with two attached hydrogens (primary N) is 1. The summed E-state index contributed by atoms with van der Waals surface area (Å²) in [6.45, 7) is -0.326. The molecular formula is C17H24N8O5S. The van der Waals surface area contributed by atoms with E-state index in [1.165, 1.54) is 25.0 Å². The predicted molar refractivity (Wildman–Crippen MR) is 111 cm³/mol. The minimum atomic E-state index is -1.26. The Bertz CT molecular complexity index is 873. The molecule has 31 heavy (non-hydrogen) atoms. The number of aromatic nitrogens is 4. The van der Waals surface area contributed by atoms with E-state index in [0.29, 0.717) is 11.4 Å². The standard InChI is InChI=1S/C17H24N8O5S/c18-3-14(26)23-11(1-9-4-19-7-21-9)15(27)24-12(2-10-5-20-8-22-10)16(28)25-13(6-31)17(29)30/h4-5,7-8,11-13,31H,1-3,6,18H2,(H,19,21)(H,20,22)(H,23,26)(H,24,27)(H,25,28)(H,29,30). The van der Waals surface area contributed by atoms with Crippen LogP contribution >= 0.6 is 12.6 Å². The Hall–Kier alpha value is -3.39. The summed E-state index contributed by atoms with van der Waals surface area (Å²) in [4.78, 5) is 62.0. The van der Waals surface area contributed by atoms with Gasteiger partial charge < -0.3 is 36.8 Å². The van der Waals surface area contributed by atoms with Gasteiger partial charge in [0.15, 0.2) is 0 Å². The maximum absolute atomic E-state index is 12.9. The third-order valence-electron chi connectivity index (χ3n) is 4.23. The molecule has 0 saturated heterocycles. The van der Waals surface area contributed by atoms with Crippen LogP contribution in [-0.4, -0.2) is 79.2 Å². The van der Waals surface area contributed by atoms with E-state index in [9.17, 15) is 19.2 Å². The number of carbonyl (C=O) groups excluding carboxylic acids is 3.